The molecule has 96 valence electrons. The van der Waals surface area contributed by atoms with Crippen LogP contribution in [-0.2, 0) is 14.3 Å². The Morgan fingerprint density at radius 3 is 2.22 bits per heavy atom. The number of ether oxygens (including phenoxy) is 1. The van der Waals surface area contributed by atoms with E-state index in [1.807, 2.05) is 0 Å². The second-order valence-electron chi connectivity index (χ2n) is 3.57. The lowest BCUT2D eigenvalue weighted by Crippen LogP contribution is -2.46. The summed E-state index contributed by atoms with van der Waals surface area (Å²) in [6.45, 7) is 1.19. The minimum Gasteiger partial charge on any atom is -0.508 e. The predicted molar refractivity (Wildman–Crippen MR) is 62.1 cm³/mol. The Kier molecular flexibility index (Phi) is 4.42. The van der Waals surface area contributed by atoms with Crippen LogP contribution >= 0.6 is 0 Å². The fourth-order valence-electron chi connectivity index (χ4n) is 1.34. The first kappa shape index (κ1) is 13.7. The highest BCUT2D eigenvalue weighted by Gasteiger charge is 2.29. The highest BCUT2D eigenvalue weighted by Crippen LogP contribution is 2.12. The van der Waals surface area contributed by atoms with Crippen LogP contribution < -0.4 is 5.32 Å². The summed E-state index contributed by atoms with van der Waals surface area (Å²) in [4.78, 5) is 34.4. The van der Waals surface area contributed by atoms with Gasteiger partial charge in [0, 0.05) is 12.5 Å². The molecule has 1 amide bonds. The summed E-state index contributed by atoms with van der Waals surface area (Å²) in [5, 5.41) is 11.3. The first-order valence-electron chi connectivity index (χ1n) is 5.14. The Balaban J connectivity index is 2.98. The van der Waals surface area contributed by atoms with Crippen LogP contribution in [0.2, 0.25) is 0 Å². The van der Waals surface area contributed by atoms with Gasteiger partial charge in [-0.2, -0.15) is 0 Å². The smallest absolute Gasteiger partial charge is 0.336 e. The van der Waals surface area contributed by atoms with Crippen molar-refractivity contribution in [2.45, 2.75) is 13.0 Å². The molecule has 0 bridgehead atoms. The molecular formula is C12H13NO5. The van der Waals surface area contributed by atoms with Gasteiger partial charge in [0.1, 0.15) is 5.75 Å². The maximum atomic E-state index is 12.0. The van der Waals surface area contributed by atoms with Gasteiger partial charge in [0.25, 0.3) is 0 Å². The van der Waals surface area contributed by atoms with E-state index < -0.39 is 23.7 Å². The van der Waals surface area contributed by atoms with Crippen molar-refractivity contribution >= 4 is 17.7 Å². The van der Waals surface area contributed by atoms with E-state index in [1.165, 1.54) is 31.2 Å². The number of aromatic hydroxyl groups is 1. The van der Waals surface area contributed by atoms with Gasteiger partial charge in [-0.05, 0) is 24.3 Å². The molecule has 0 aliphatic carbocycles. The molecule has 0 heterocycles. The Bertz CT molecular complexity index is 466. The summed E-state index contributed by atoms with van der Waals surface area (Å²) in [6.07, 6.45) is 0. The molecule has 6 heteroatoms. The molecule has 0 aliphatic heterocycles. The van der Waals surface area contributed by atoms with E-state index >= 15 is 0 Å². The Labute approximate surface area is 104 Å². The molecule has 6 nitrogen and oxygen atoms in total. The SMILES string of the molecule is COC(=O)C(NC(C)=O)C(=O)c1ccc(O)cc1. The standard InChI is InChI=1S/C12H13NO5/c1-7(14)13-10(12(17)18-2)11(16)8-3-5-9(15)6-4-8/h3-6,10,15H,1-2H3,(H,13,14). The van der Waals surface area contributed by atoms with E-state index in [-0.39, 0.29) is 11.3 Å². The monoisotopic (exact) mass is 251 g/mol. The Morgan fingerprint density at radius 1 is 1.22 bits per heavy atom. The number of methoxy groups -OCH3 is 1. The molecule has 0 fully saturated rings. The summed E-state index contributed by atoms with van der Waals surface area (Å²) in [5.74, 6) is -1.96. The summed E-state index contributed by atoms with van der Waals surface area (Å²) in [5.41, 5.74) is 0.192. The van der Waals surface area contributed by atoms with Crippen molar-refractivity contribution < 1.29 is 24.2 Å². The van der Waals surface area contributed by atoms with Crippen molar-refractivity contribution in [3.8, 4) is 5.75 Å². The van der Waals surface area contributed by atoms with Crippen molar-refractivity contribution in [3.05, 3.63) is 29.8 Å². The summed E-state index contributed by atoms with van der Waals surface area (Å²) < 4.78 is 4.46. The molecule has 1 unspecified atom stereocenters. The van der Waals surface area contributed by atoms with Crippen LogP contribution in [0.15, 0.2) is 24.3 Å². The molecule has 1 aromatic rings. The van der Waals surface area contributed by atoms with E-state index in [0.29, 0.717) is 0 Å². The molecular weight excluding hydrogens is 238 g/mol. The van der Waals surface area contributed by atoms with Crippen LogP contribution in [0.5, 0.6) is 5.75 Å². The molecule has 2 N–H and O–H groups in total. The van der Waals surface area contributed by atoms with Crippen molar-refractivity contribution in [2.24, 2.45) is 0 Å². The molecule has 1 atom stereocenters. The van der Waals surface area contributed by atoms with Crippen molar-refractivity contribution in [1.82, 2.24) is 5.32 Å². The van der Waals surface area contributed by atoms with Gasteiger partial charge in [0.2, 0.25) is 5.91 Å². The molecule has 1 aromatic carbocycles. The predicted octanol–water partition coefficient (Wildman–Crippen LogP) is 0.253. The third-order valence-corrected chi connectivity index (χ3v) is 2.20. The molecule has 0 aliphatic rings. The summed E-state index contributed by atoms with van der Waals surface area (Å²) in [7, 11) is 1.13. The molecule has 0 saturated carbocycles. The largest absolute Gasteiger partial charge is 0.508 e. The van der Waals surface area contributed by atoms with Gasteiger partial charge in [-0.1, -0.05) is 0 Å². The highest BCUT2D eigenvalue weighted by molar-refractivity contribution is 6.13. The van der Waals surface area contributed by atoms with Gasteiger partial charge in [-0.25, -0.2) is 4.79 Å². The van der Waals surface area contributed by atoms with Gasteiger partial charge >= 0.3 is 5.97 Å². The van der Waals surface area contributed by atoms with Gasteiger partial charge in [-0.3, -0.25) is 9.59 Å². The van der Waals surface area contributed by atoms with Gasteiger partial charge < -0.3 is 15.2 Å². The van der Waals surface area contributed by atoms with Crippen molar-refractivity contribution in [3.63, 3.8) is 0 Å². The quantitative estimate of drug-likeness (QED) is 0.454. The molecule has 0 radical (unpaired) electrons. The number of carbonyl (C=O) groups is 3. The average Bonchev–Trinajstić information content (AvgIpc) is 2.35. The average molecular weight is 251 g/mol. The minimum atomic E-state index is -1.38. The third kappa shape index (κ3) is 3.31. The number of rotatable bonds is 4. The molecule has 0 spiro atoms. The van der Waals surface area contributed by atoms with E-state index in [1.54, 1.807) is 0 Å². The number of nitrogens with one attached hydrogen (secondary N) is 1. The zero-order valence-electron chi connectivity index (χ0n) is 9.97. The second kappa shape index (κ2) is 5.81. The zero-order valence-corrected chi connectivity index (χ0v) is 9.97. The van der Waals surface area contributed by atoms with Gasteiger partial charge in [0.15, 0.2) is 11.8 Å². The van der Waals surface area contributed by atoms with Crippen LogP contribution in [0.1, 0.15) is 17.3 Å². The number of carbonyl (C=O) groups excluding carboxylic acids is 3. The highest BCUT2D eigenvalue weighted by atomic mass is 16.5. The fraction of sp³-hybridized carbons (Fsp3) is 0.250. The number of Topliss-reactive ketones (excluding diaryl/α,β-unsaturated/α-hetero) is 1. The zero-order chi connectivity index (χ0) is 13.7. The maximum absolute atomic E-state index is 12.0. The summed E-state index contributed by atoms with van der Waals surface area (Å²) >= 11 is 0. The lowest BCUT2D eigenvalue weighted by molar-refractivity contribution is -0.143. The van der Waals surface area contributed by atoms with Crippen LogP contribution in [0, 0.1) is 0 Å². The van der Waals surface area contributed by atoms with E-state index in [9.17, 15) is 14.4 Å². The number of phenolic OH excluding ortho intramolecular Hbond substituents is 1. The molecule has 0 saturated heterocycles. The Morgan fingerprint density at radius 2 is 1.78 bits per heavy atom. The first-order chi connectivity index (χ1) is 8.45. The number of amides is 1. The van der Waals surface area contributed by atoms with Gasteiger partial charge in [0.05, 0.1) is 7.11 Å². The number of phenols is 1. The van der Waals surface area contributed by atoms with Crippen molar-refractivity contribution in [2.75, 3.05) is 7.11 Å². The number of esters is 1. The number of ketones is 1. The Hall–Kier alpha value is -2.37. The number of hydrogen-bond donors (Lipinski definition) is 2. The van der Waals surface area contributed by atoms with Crippen LogP contribution in [-0.4, -0.2) is 35.9 Å². The van der Waals surface area contributed by atoms with E-state index in [4.69, 9.17) is 5.11 Å². The van der Waals surface area contributed by atoms with Gasteiger partial charge in [-0.15, -0.1) is 0 Å². The van der Waals surface area contributed by atoms with Crippen molar-refractivity contribution in [1.29, 1.82) is 0 Å². The van der Waals surface area contributed by atoms with Crippen LogP contribution in [0.3, 0.4) is 0 Å². The maximum Gasteiger partial charge on any atom is 0.336 e. The number of hydrogen-bond acceptors (Lipinski definition) is 5. The lowest BCUT2D eigenvalue weighted by Gasteiger charge is -2.14. The normalized spacial score (nSPS) is 11.4. The minimum absolute atomic E-state index is 0.000644. The summed E-state index contributed by atoms with van der Waals surface area (Å²) in [6, 6.07) is 3.97. The molecule has 18 heavy (non-hydrogen) atoms. The fourth-order valence-corrected chi connectivity index (χ4v) is 1.34. The second-order valence-corrected chi connectivity index (χ2v) is 3.57. The first-order valence-corrected chi connectivity index (χ1v) is 5.14. The van der Waals surface area contributed by atoms with Crippen LogP contribution in [0.25, 0.3) is 0 Å². The van der Waals surface area contributed by atoms with E-state index in [2.05, 4.69) is 10.1 Å². The van der Waals surface area contributed by atoms with E-state index in [0.717, 1.165) is 7.11 Å². The third-order valence-electron chi connectivity index (χ3n) is 2.20. The number of benzene rings is 1. The molecule has 1 rings (SSSR count). The van der Waals surface area contributed by atoms with Crippen LogP contribution in [0.4, 0.5) is 0 Å². The lowest BCUT2D eigenvalue weighted by atomic mass is 10.0. The topological polar surface area (TPSA) is 92.7 Å². The molecule has 0 aromatic heterocycles.